The van der Waals surface area contributed by atoms with Crippen molar-refractivity contribution in [2.24, 2.45) is 5.92 Å². The molecule has 0 saturated heterocycles. The fourth-order valence-electron chi connectivity index (χ4n) is 2.55. The number of hydrogen-bond donors (Lipinski definition) is 2. The van der Waals surface area contributed by atoms with Gasteiger partial charge in [0.1, 0.15) is 0 Å². The number of anilines is 1. The molecule has 2 rings (SSSR count). The number of amides is 2. The van der Waals surface area contributed by atoms with E-state index in [1.807, 2.05) is 40.7 Å². The molecule has 0 bridgehead atoms. The van der Waals surface area contributed by atoms with E-state index in [-0.39, 0.29) is 18.4 Å². The minimum Gasteiger partial charge on any atom is -0.477 e. The summed E-state index contributed by atoms with van der Waals surface area (Å²) in [6.07, 6.45) is -1.53. The number of halogens is 1. The highest BCUT2D eigenvalue weighted by Crippen LogP contribution is 2.39. The van der Waals surface area contributed by atoms with Crippen LogP contribution in [0, 0.1) is 5.92 Å². The van der Waals surface area contributed by atoms with Gasteiger partial charge in [0.15, 0.2) is 11.9 Å². The minimum absolute atomic E-state index is 0.0492. The summed E-state index contributed by atoms with van der Waals surface area (Å²) in [7, 11) is 0. The Bertz CT molecular complexity index is 667. The van der Waals surface area contributed by atoms with Gasteiger partial charge in [0, 0.05) is 12.1 Å². The number of nitrogens with zero attached hydrogens (tertiary/aromatic N) is 1. The van der Waals surface area contributed by atoms with E-state index in [1.54, 1.807) is 6.07 Å². The molecular weight excluding hydrogens is 376 g/mol. The van der Waals surface area contributed by atoms with Crippen LogP contribution in [0.4, 0.5) is 10.5 Å². The Morgan fingerprint density at radius 2 is 2.04 bits per heavy atom. The van der Waals surface area contributed by atoms with Crippen molar-refractivity contribution in [1.29, 1.82) is 0 Å². The molecule has 24 heavy (non-hydrogen) atoms. The summed E-state index contributed by atoms with van der Waals surface area (Å²) in [5, 5.41) is 12.3. The second-order valence-electron chi connectivity index (χ2n) is 7.27. The van der Waals surface area contributed by atoms with Gasteiger partial charge >= 0.3 is 6.09 Å². The minimum atomic E-state index is -0.989. The largest absolute Gasteiger partial charge is 0.477 e. The van der Waals surface area contributed by atoms with Crippen LogP contribution in [0.3, 0.4) is 0 Å². The number of hydrogen-bond acceptors (Lipinski definition) is 3. The molecule has 0 aliphatic carbocycles. The Hall–Kier alpha value is -1.76. The van der Waals surface area contributed by atoms with E-state index in [0.29, 0.717) is 15.9 Å². The lowest BCUT2D eigenvalue weighted by molar-refractivity contribution is -0.125. The highest BCUT2D eigenvalue weighted by Gasteiger charge is 2.32. The summed E-state index contributed by atoms with van der Waals surface area (Å²) in [6, 6.07) is 3.59. The summed E-state index contributed by atoms with van der Waals surface area (Å²) in [5.74, 6) is 0.440. The highest BCUT2D eigenvalue weighted by atomic mass is 79.9. The van der Waals surface area contributed by atoms with Crippen LogP contribution in [0.25, 0.3) is 0 Å². The third-order valence-corrected chi connectivity index (χ3v) is 4.44. The predicted octanol–water partition coefficient (Wildman–Crippen LogP) is 4.08. The van der Waals surface area contributed by atoms with Crippen LogP contribution >= 0.6 is 15.9 Å². The zero-order chi connectivity index (χ0) is 18.2. The van der Waals surface area contributed by atoms with Gasteiger partial charge in [-0.05, 0) is 60.3 Å². The molecule has 0 radical (unpaired) electrons. The molecule has 0 fully saturated rings. The van der Waals surface area contributed by atoms with Gasteiger partial charge in [-0.2, -0.15) is 0 Å². The lowest BCUT2D eigenvalue weighted by atomic mass is 10.0. The van der Waals surface area contributed by atoms with Crippen LogP contribution < -0.4 is 10.1 Å². The lowest BCUT2D eigenvalue weighted by Gasteiger charge is -2.34. The molecule has 1 heterocycles. The number of fused-ring (bicyclic) bond motifs is 1. The molecule has 1 aromatic carbocycles. The average molecular weight is 399 g/mol. The standard InChI is InChI=1S/C17H23BrN2O4/c1-9(2)13-15(21)19-12-7-10(6-11(18)14(12)24-13)8-20(16(22)23)17(3,4)5/h6-7,9,13H,8H2,1-5H3,(H,19,21)(H,22,23). The Morgan fingerprint density at radius 1 is 1.42 bits per heavy atom. The van der Waals surface area contributed by atoms with Crippen molar-refractivity contribution in [3.8, 4) is 5.75 Å². The van der Waals surface area contributed by atoms with Crippen LogP contribution in [0.2, 0.25) is 0 Å². The first-order chi connectivity index (χ1) is 11.0. The third kappa shape index (κ3) is 3.83. The number of benzene rings is 1. The van der Waals surface area contributed by atoms with Gasteiger partial charge < -0.3 is 15.2 Å². The maximum Gasteiger partial charge on any atom is 0.408 e. The first kappa shape index (κ1) is 18.6. The summed E-state index contributed by atoms with van der Waals surface area (Å²) in [5.41, 5.74) is 0.793. The monoisotopic (exact) mass is 398 g/mol. The van der Waals surface area contributed by atoms with Crippen molar-refractivity contribution < 1.29 is 19.4 Å². The Morgan fingerprint density at radius 3 is 2.54 bits per heavy atom. The molecule has 2 amide bonds. The number of carboxylic acid groups (broad SMARTS) is 1. The maximum absolute atomic E-state index is 12.2. The summed E-state index contributed by atoms with van der Waals surface area (Å²) in [4.78, 5) is 25.0. The van der Waals surface area contributed by atoms with Gasteiger partial charge in [-0.1, -0.05) is 13.8 Å². The first-order valence-electron chi connectivity index (χ1n) is 7.81. The molecule has 1 unspecified atom stereocenters. The molecule has 6 nitrogen and oxygen atoms in total. The smallest absolute Gasteiger partial charge is 0.408 e. The first-order valence-corrected chi connectivity index (χ1v) is 8.60. The molecule has 132 valence electrons. The van der Waals surface area contributed by atoms with Gasteiger partial charge in [0.05, 0.1) is 10.2 Å². The van der Waals surface area contributed by atoms with Gasteiger partial charge in [0.25, 0.3) is 5.91 Å². The van der Waals surface area contributed by atoms with Crippen molar-refractivity contribution in [3.63, 3.8) is 0 Å². The number of carbonyl (C=O) groups excluding carboxylic acids is 1. The molecule has 1 aliphatic heterocycles. The molecule has 1 aromatic rings. The SMILES string of the molecule is CC(C)C1Oc2c(Br)cc(CN(C(=O)O)C(C)(C)C)cc2NC1=O. The third-order valence-electron chi connectivity index (χ3n) is 3.85. The van der Waals surface area contributed by atoms with Crippen LogP contribution in [0.1, 0.15) is 40.2 Å². The summed E-state index contributed by atoms with van der Waals surface area (Å²) >= 11 is 3.46. The fourth-order valence-corrected chi connectivity index (χ4v) is 3.15. The van der Waals surface area contributed by atoms with Crippen molar-refractivity contribution in [1.82, 2.24) is 4.90 Å². The summed E-state index contributed by atoms with van der Waals surface area (Å²) < 4.78 is 6.52. The second kappa shape index (κ2) is 6.63. The lowest BCUT2D eigenvalue weighted by Crippen LogP contribution is -2.44. The van der Waals surface area contributed by atoms with E-state index in [0.717, 1.165) is 5.56 Å². The number of ether oxygens (including phenoxy) is 1. The molecular formula is C17H23BrN2O4. The zero-order valence-electron chi connectivity index (χ0n) is 14.5. The fraction of sp³-hybridized carbons (Fsp3) is 0.529. The molecule has 1 aliphatic rings. The number of nitrogens with one attached hydrogen (secondary N) is 1. The Labute approximate surface area is 150 Å². The molecule has 0 spiro atoms. The van der Waals surface area contributed by atoms with Gasteiger partial charge in [-0.3, -0.25) is 9.69 Å². The van der Waals surface area contributed by atoms with E-state index < -0.39 is 17.7 Å². The molecule has 2 N–H and O–H groups in total. The van der Waals surface area contributed by atoms with Crippen LogP contribution in [-0.2, 0) is 11.3 Å². The van der Waals surface area contributed by atoms with E-state index in [9.17, 15) is 14.7 Å². The van der Waals surface area contributed by atoms with E-state index in [4.69, 9.17) is 4.74 Å². The van der Waals surface area contributed by atoms with Crippen LogP contribution in [0.5, 0.6) is 5.75 Å². The predicted molar refractivity (Wildman–Crippen MR) is 95.3 cm³/mol. The molecule has 1 atom stereocenters. The van der Waals surface area contributed by atoms with Crippen LogP contribution in [-0.4, -0.2) is 33.6 Å². The van der Waals surface area contributed by atoms with Crippen molar-refractivity contribution in [2.45, 2.75) is 52.8 Å². The summed E-state index contributed by atoms with van der Waals surface area (Å²) in [6.45, 7) is 9.58. The zero-order valence-corrected chi connectivity index (χ0v) is 16.1. The second-order valence-corrected chi connectivity index (χ2v) is 8.12. The quantitative estimate of drug-likeness (QED) is 0.803. The Balaban J connectivity index is 2.34. The van der Waals surface area contributed by atoms with Crippen molar-refractivity contribution in [3.05, 3.63) is 22.2 Å². The van der Waals surface area contributed by atoms with Crippen LogP contribution in [0.15, 0.2) is 16.6 Å². The molecule has 7 heteroatoms. The highest BCUT2D eigenvalue weighted by molar-refractivity contribution is 9.10. The van der Waals surface area contributed by atoms with E-state index >= 15 is 0 Å². The normalized spacial score (nSPS) is 17.1. The average Bonchev–Trinajstić information content (AvgIpc) is 2.42. The van der Waals surface area contributed by atoms with Gasteiger partial charge in [-0.25, -0.2) is 4.79 Å². The molecule has 0 aromatic heterocycles. The maximum atomic E-state index is 12.2. The van der Waals surface area contributed by atoms with Crippen molar-refractivity contribution >= 4 is 33.6 Å². The van der Waals surface area contributed by atoms with E-state index in [2.05, 4.69) is 21.2 Å². The number of carbonyl (C=O) groups is 2. The van der Waals surface area contributed by atoms with Gasteiger partial charge in [0.2, 0.25) is 0 Å². The number of rotatable bonds is 3. The molecule has 0 saturated carbocycles. The topological polar surface area (TPSA) is 78.9 Å². The van der Waals surface area contributed by atoms with Crippen molar-refractivity contribution in [2.75, 3.05) is 5.32 Å². The Kier molecular flexibility index (Phi) is 5.13. The van der Waals surface area contributed by atoms with E-state index in [1.165, 1.54) is 4.90 Å². The van der Waals surface area contributed by atoms with Gasteiger partial charge in [-0.15, -0.1) is 0 Å².